The van der Waals surface area contributed by atoms with Crippen molar-refractivity contribution in [3.8, 4) is 17.0 Å². The molecule has 8 nitrogen and oxygen atoms in total. The van der Waals surface area contributed by atoms with Crippen LogP contribution >= 0.6 is 15.9 Å². The fourth-order valence-corrected chi connectivity index (χ4v) is 3.30. The maximum absolute atomic E-state index is 14.6. The fourth-order valence-electron chi connectivity index (χ4n) is 2.81. The molecule has 3 rings (SSSR count). The van der Waals surface area contributed by atoms with Crippen molar-refractivity contribution in [3.63, 3.8) is 0 Å². The van der Waals surface area contributed by atoms with Crippen molar-refractivity contribution in [2.24, 2.45) is 5.73 Å². The first-order valence-corrected chi connectivity index (χ1v) is 9.93. The highest BCUT2D eigenvalue weighted by Crippen LogP contribution is 2.35. The lowest BCUT2D eigenvalue weighted by Gasteiger charge is -2.17. The van der Waals surface area contributed by atoms with E-state index in [0.29, 0.717) is 0 Å². The number of carbonyl (C=O) groups is 2. The van der Waals surface area contributed by atoms with Gasteiger partial charge in [0.2, 0.25) is 5.89 Å². The van der Waals surface area contributed by atoms with Crippen LogP contribution < -0.4 is 15.8 Å². The monoisotopic (exact) mass is 549 g/mol. The van der Waals surface area contributed by atoms with E-state index >= 15 is 0 Å². The number of nitrogens with zero attached hydrogens (tertiary/aromatic N) is 1. The third-order valence-electron chi connectivity index (χ3n) is 4.37. The molecule has 0 saturated carbocycles. The summed E-state index contributed by atoms with van der Waals surface area (Å²) in [5.74, 6) is -5.02. The lowest BCUT2D eigenvalue weighted by atomic mass is 10.1. The highest BCUT2D eigenvalue weighted by molar-refractivity contribution is 9.10. The van der Waals surface area contributed by atoms with Gasteiger partial charge in [-0.15, -0.1) is 0 Å². The number of nitrogens with two attached hydrogens (primary N) is 1. The van der Waals surface area contributed by atoms with Gasteiger partial charge >= 0.3 is 12.3 Å². The van der Waals surface area contributed by atoms with Gasteiger partial charge in [-0.2, -0.15) is 13.2 Å². The predicted octanol–water partition coefficient (Wildman–Crippen LogP) is 4.89. The van der Waals surface area contributed by atoms with E-state index < -0.39 is 59.3 Å². The van der Waals surface area contributed by atoms with E-state index in [9.17, 15) is 31.5 Å². The third-order valence-corrected chi connectivity index (χ3v) is 4.91. The molecule has 0 fully saturated rings. The Bertz CT molecular complexity index is 1230. The number of carbonyl (C=O) groups excluding carboxylic acids is 1. The molecule has 0 radical (unpaired) electrons. The summed E-state index contributed by atoms with van der Waals surface area (Å²) in [6.07, 6.45) is -7.45. The highest BCUT2D eigenvalue weighted by atomic mass is 79.9. The maximum atomic E-state index is 14.6. The van der Waals surface area contributed by atoms with Crippen LogP contribution in [0, 0.1) is 11.6 Å². The number of alkyl halides is 3. The Morgan fingerprint density at radius 2 is 1.82 bits per heavy atom. The molecule has 180 valence electrons. The second kappa shape index (κ2) is 9.67. The van der Waals surface area contributed by atoms with Crippen LogP contribution in [0.4, 0.5) is 26.7 Å². The van der Waals surface area contributed by atoms with E-state index in [1.165, 1.54) is 0 Å². The van der Waals surface area contributed by atoms with Crippen molar-refractivity contribution in [3.05, 3.63) is 69.7 Å². The molecule has 0 aliphatic carbocycles. The molecule has 34 heavy (non-hydrogen) atoms. The zero-order chi connectivity index (χ0) is 25.2. The van der Waals surface area contributed by atoms with Crippen LogP contribution in [0.5, 0.6) is 5.75 Å². The number of benzene rings is 2. The Hall–Kier alpha value is -3.68. The average Bonchev–Trinajstić information content (AvgIpc) is 3.13. The van der Waals surface area contributed by atoms with Gasteiger partial charge < -0.3 is 25.3 Å². The van der Waals surface area contributed by atoms with Crippen LogP contribution in [0.1, 0.15) is 27.9 Å². The van der Waals surface area contributed by atoms with Gasteiger partial charge in [-0.1, -0.05) is 12.1 Å². The van der Waals surface area contributed by atoms with Gasteiger partial charge in [-0.25, -0.2) is 18.6 Å². The zero-order valence-corrected chi connectivity index (χ0v) is 18.2. The number of halogens is 6. The standard InChI is InChI=1S/C20H13BrF5N3O5/c21-16-15(8-1-3-9(4-2-8)20(24,25)26)29-18(34-16)12(7-28-19(31)32)33-11-6-5-10(22)13(14(11)23)17(27)30/h1-6,12,28H,7H2,(H2,27,30)(H,31,32). The van der Waals surface area contributed by atoms with Crippen molar-refractivity contribution >= 4 is 27.9 Å². The molecular weight excluding hydrogens is 537 g/mol. The van der Waals surface area contributed by atoms with E-state index in [0.717, 1.165) is 36.4 Å². The second-order valence-corrected chi connectivity index (χ2v) is 7.36. The van der Waals surface area contributed by atoms with Gasteiger partial charge in [-0.05, 0) is 40.2 Å². The topological polar surface area (TPSA) is 128 Å². The Balaban J connectivity index is 1.97. The molecular formula is C20H13BrF5N3O5. The lowest BCUT2D eigenvalue weighted by Crippen LogP contribution is -2.29. The Kier molecular flexibility index (Phi) is 7.09. The van der Waals surface area contributed by atoms with Gasteiger partial charge in [0.15, 0.2) is 22.3 Å². The molecule has 1 atom stereocenters. The van der Waals surface area contributed by atoms with Gasteiger partial charge in [0.25, 0.3) is 5.91 Å². The lowest BCUT2D eigenvalue weighted by molar-refractivity contribution is -0.137. The van der Waals surface area contributed by atoms with Crippen molar-refractivity contribution < 1.29 is 45.8 Å². The third kappa shape index (κ3) is 5.44. The summed E-state index contributed by atoms with van der Waals surface area (Å²) in [6, 6.07) is 5.50. The first-order chi connectivity index (χ1) is 15.9. The summed E-state index contributed by atoms with van der Waals surface area (Å²) in [7, 11) is 0. The first kappa shape index (κ1) is 25.0. The largest absolute Gasteiger partial charge is 0.476 e. The predicted molar refractivity (Wildman–Crippen MR) is 109 cm³/mol. The van der Waals surface area contributed by atoms with Gasteiger partial charge in [0.05, 0.1) is 12.1 Å². The summed E-state index contributed by atoms with van der Waals surface area (Å²) in [4.78, 5) is 26.4. The molecule has 1 heterocycles. The van der Waals surface area contributed by atoms with Crippen molar-refractivity contribution in [1.29, 1.82) is 0 Å². The molecule has 1 aromatic heterocycles. The molecule has 4 N–H and O–H groups in total. The molecule has 2 amide bonds. The number of carboxylic acid groups (broad SMARTS) is 1. The number of primary amides is 1. The minimum atomic E-state index is -4.55. The van der Waals surface area contributed by atoms with Crippen LogP contribution in [0.2, 0.25) is 0 Å². The SMILES string of the molecule is NC(=O)c1c(F)ccc(OC(CNC(=O)O)c2nc(-c3ccc(C(F)(F)F)cc3)c(Br)o2)c1F. The van der Waals surface area contributed by atoms with Crippen LogP contribution in [0.25, 0.3) is 11.3 Å². The van der Waals surface area contributed by atoms with Gasteiger partial charge in [0.1, 0.15) is 17.1 Å². The molecule has 0 saturated heterocycles. The van der Waals surface area contributed by atoms with E-state index in [1.54, 1.807) is 0 Å². The molecule has 2 aromatic carbocycles. The van der Waals surface area contributed by atoms with Crippen LogP contribution in [-0.2, 0) is 6.18 Å². The van der Waals surface area contributed by atoms with E-state index in [2.05, 4.69) is 20.9 Å². The molecule has 0 aliphatic rings. The van der Waals surface area contributed by atoms with Crippen molar-refractivity contribution in [1.82, 2.24) is 10.3 Å². The summed E-state index contributed by atoms with van der Waals surface area (Å²) in [6.45, 7) is -0.530. The first-order valence-electron chi connectivity index (χ1n) is 9.13. The molecule has 0 aliphatic heterocycles. The minimum absolute atomic E-state index is 0.0383. The van der Waals surface area contributed by atoms with Crippen LogP contribution in [0.15, 0.2) is 45.5 Å². The molecule has 1 unspecified atom stereocenters. The number of hydrogen-bond acceptors (Lipinski definition) is 5. The Morgan fingerprint density at radius 3 is 2.38 bits per heavy atom. The zero-order valence-electron chi connectivity index (χ0n) is 16.6. The minimum Gasteiger partial charge on any atom is -0.476 e. The molecule has 0 spiro atoms. The average molecular weight is 550 g/mol. The Labute approximate surface area is 195 Å². The Morgan fingerprint density at radius 1 is 1.18 bits per heavy atom. The van der Waals surface area contributed by atoms with Crippen LogP contribution in [-0.4, -0.2) is 28.6 Å². The summed E-state index contributed by atoms with van der Waals surface area (Å²) < 4.78 is 77.5. The number of aromatic nitrogens is 1. The number of hydrogen-bond donors (Lipinski definition) is 3. The number of ether oxygens (including phenoxy) is 1. The molecule has 3 aromatic rings. The maximum Gasteiger partial charge on any atom is 0.416 e. The number of rotatable bonds is 7. The van der Waals surface area contributed by atoms with E-state index in [-0.39, 0.29) is 21.8 Å². The van der Waals surface area contributed by atoms with E-state index in [4.69, 9.17) is 20.0 Å². The van der Waals surface area contributed by atoms with Crippen molar-refractivity contribution in [2.45, 2.75) is 12.3 Å². The fraction of sp³-hybridized carbons (Fsp3) is 0.150. The second-order valence-electron chi connectivity index (χ2n) is 6.64. The smallest absolute Gasteiger partial charge is 0.416 e. The molecule has 0 bridgehead atoms. The summed E-state index contributed by atoms with van der Waals surface area (Å²) >= 11 is 3.07. The van der Waals surface area contributed by atoms with Crippen molar-refractivity contribution in [2.75, 3.05) is 6.54 Å². The normalized spacial score (nSPS) is 12.3. The van der Waals surface area contributed by atoms with Crippen LogP contribution in [0.3, 0.4) is 0 Å². The quantitative estimate of drug-likeness (QED) is 0.360. The number of nitrogens with one attached hydrogen (secondary N) is 1. The summed E-state index contributed by atoms with van der Waals surface area (Å²) in [5.41, 5.74) is 3.28. The van der Waals surface area contributed by atoms with Gasteiger partial charge in [-0.3, -0.25) is 4.79 Å². The van der Waals surface area contributed by atoms with E-state index in [1.807, 2.05) is 5.32 Å². The molecule has 14 heteroatoms. The highest BCUT2D eigenvalue weighted by Gasteiger charge is 2.31. The summed E-state index contributed by atoms with van der Waals surface area (Å²) in [5, 5.41) is 10.9. The number of oxazole rings is 1. The van der Waals surface area contributed by atoms with Gasteiger partial charge in [0, 0.05) is 5.56 Å². The number of amides is 2.